The Balaban J connectivity index is 0. The molecule has 0 aliphatic heterocycles. The van der Waals surface area contributed by atoms with Gasteiger partial charge in [0.25, 0.3) is 0 Å². The molecule has 0 aromatic heterocycles. The third-order valence-electron chi connectivity index (χ3n) is 0.803. The van der Waals surface area contributed by atoms with Crippen LogP contribution in [-0.2, 0) is 9.53 Å². The Bertz CT molecular complexity index is 97.7. The molecule has 0 aromatic carbocycles. The summed E-state index contributed by atoms with van der Waals surface area (Å²) in [4.78, 5) is 10.1. The van der Waals surface area contributed by atoms with Gasteiger partial charge in [0.15, 0.2) is 0 Å². The molecule has 0 rings (SSSR count). The molecular weight excluding hydrogens is 140 g/mol. The van der Waals surface area contributed by atoms with Gasteiger partial charge in [0.1, 0.15) is 0 Å². The van der Waals surface area contributed by atoms with Gasteiger partial charge in [0, 0.05) is 6.92 Å². The van der Waals surface area contributed by atoms with Crippen LogP contribution in [0.4, 0.5) is 0 Å². The van der Waals surface area contributed by atoms with Crippen LogP contribution in [0.25, 0.3) is 0 Å². The number of hydrogen-bond acceptors (Lipinski definition) is 2. The van der Waals surface area contributed by atoms with Crippen LogP contribution in [-0.4, -0.2) is 12.6 Å². The predicted molar refractivity (Wildman–Crippen MR) is 47.4 cm³/mol. The zero-order valence-electron chi connectivity index (χ0n) is 7.72. The summed E-state index contributed by atoms with van der Waals surface area (Å²) in [6.45, 7) is 9.31. The molecule has 11 heavy (non-hydrogen) atoms. The van der Waals surface area contributed by atoms with Crippen molar-refractivity contribution in [1.29, 1.82) is 0 Å². The van der Waals surface area contributed by atoms with Crippen molar-refractivity contribution in [2.75, 3.05) is 6.61 Å². The zero-order valence-corrected chi connectivity index (χ0v) is 7.72. The largest absolute Gasteiger partial charge is 0.466 e. The summed E-state index contributed by atoms with van der Waals surface area (Å²) in [7, 11) is 0. The normalized spacial score (nSPS) is 7.55. The maximum Gasteiger partial charge on any atom is 0.302 e. The number of allylic oxidation sites excluding steroid dienone is 1. The molecular formula is C9H18O2. The average molecular weight is 158 g/mol. The second kappa shape index (κ2) is 11.9. The van der Waals surface area contributed by atoms with E-state index < -0.39 is 0 Å². The van der Waals surface area contributed by atoms with Gasteiger partial charge < -0.3 is 4.74 Å². The van der Waals surface area contributed by atoms with E-state index >= 15 is 0 Å². The minimum absolute atomic E-state index is 0.182. The quantitative estimate of drug-likeness (QED) is 0.358. The summed E-state index contributed by atoms with van der Waals surface area (Å²) in [5.74, 6) is -0.182. The fourth-order valence-corrected chi connectivity index (χ4v) is 0.360. The molecule has 0 radical (unpaired) electrons. The van der Waals surface area contributed by atoms with Crippen LogP contribution in [0.3, 0.4) is 0 Å². The summed E-state index contributed by atoms with van der Waals surface area (Å²) in [5.41, 5.74) is 0. The SMILES string of the molecule is C=CC.CCCCOC(C)=O. The first-order chi connectivity index (χ1) is 5.18. The Morgan fingerprint density at radius 2 is 2.09 bits per heavy atom. The summed E-state index contributed by atoms with van der Waals surface area (Å²) in [6, 6.07) is 0. The van der Waals surface area contributed by atoms with Gasteiger partial charge in [-0.3, -0.25) is 4.79 Å². The molecule has 0 aromatic rings. The molecule has 0 bridgehead atoms. The molecule has 0 heterocycles. The minimum Gasteiger partial charge on any atom is -0.466 e. The van der Waals surface area contributed by atoms with Gasteiger partial charge in [0.2, 0.25) is 0 Å². The van der Waals surface area contributed by atoms with Crippen molar-refractivity contribution in [1.82, 2.24) is 0 Å². The molecule has 0 aliphatic rings. The van der Waals surface area contributed by atoms with Crippen molar-refractivity contribution in [3.8, 4) is 0 Å². The highest BCUT2D eigenvalue weighted by atomic mass is 16.5. The van der Waals surface area contributed by atoms with E-state index in [4.69, 9.17) is 0 Å². The van der Waals surface area contributed by atoms with E-state index in [0.717, 1.165) is 12.8 Å². The Labute approximate surface area is 69.3 Å². The highest BCUT2D eigenvalue weighted by Gasteiger charge is 1.88. The number of unbranched alkanes of at least 4 members (excludes halogenated alkanes) is 1. The summed E-state index contributed by atoms with van der Waals surface area (Å²) < 4.78 is 4.64. The van der Waals surface area contributed by atoms with Gasteiger partial charge in [-0.15, -0.1) is 6.58 Å². The van der Waals surface area contributed by atoms with Crippen molar-refractivity contribution >= 4 is 5.97 Å². The number of carbonyl (C=O) groups excluding carboxylic acids is 1. The van der Waals surface area contributed by atoms with Crippen LogP contribution in [0.2, 0.25) is 0 Å². The molecule has 0 amide bonds. The first-order valence-corrected chi connectivity index (χ1v) is 3.89. The third-order valence-corrected chi connectivity index (χ3v) is 0.803. The lowest BCUT2D eigenvalue weighted by molar-refractivity contribution is -0.141. The van der Waals surface area contributed by atoms with E-state index in [-0.39, 0.29) is 5.97 Å². The number of carbonyl (C=O) groups is 1. The summed E-state index contributed by atoms with van der Waals surface area (Å²) >= 11 is 0. The Kier molecular flexibility index (Phi) is 13.9. The fourth-order valence-electron chi connectivity index (χ4n) is 0.360. The minimum atomic E-state index is -0.182. The van der Waals surface area contributed by atoms with E-state index in [1.54, 1.807) is 6.08 Å². The van der Waals surface area contributed by atoms with Crippen molar-refractivity contribution in [2.24, 2.45) is 0 Å². The second-order valence-corrected chi connectivity index (χ2v) is 2.10. The lowest BCUT2D eigenvalue weighted by atomic mass is 10.4. The molecule has 2 nitrogen and oxygen atoms in total. The average Bonchev–Trinajstić information content (AvgIpc) is 1.89. The molecule has 0 aliphatic carbocycles. The molecule has 0 spiro atoms. The summed E-state index contributed by atoms with van der Waals surface area (Å²) in [5, 5.41) is 0. The smallest absolute Gasteiger partial charge is 0.302 e. The van der Waals surface area contributed by atoms with Gasteiger partial charge in [-0.25, -0.2) is 0 Å². The van der Waals surface area contributed by atoms with Gasteiger partial charge in [-0.2, -0.15) is 0 Å². The molecule has 0 saturated heterocycles. The van der Waals surface area contributed by atoms with Crippen LogP contribution in [0, 0.1) is 0 Å². The van der Waals surface area contributed by atoms with E-state index in [1.165, 1.54) is 6.92 Å². The van der Waals surface area contributed by atoms with E-state index in [2.05, 4.69) is 18.2 Å². The number of ether oxygens (including phenoxy) is 1. The number of esters is 1. The number of hydrogen-bond donors (Lipinski definition) is 0. The van der Waals surface area contributed by atoms with E-state index in [0.29, 0.717) is 6.61 Å². The van der Waals surface area contributed by atoms with Crippen molar-refractivity contribution in [3.63, 3.8) is 0 Å². The lowest BCUT2D eigenvalue weighted by Crippen LogP contribution is -1.99. The molecule has 0 saturated carbocycles. The van der Waals surface area contributed by atoms with Gasteiger partial charge in [-0.05, 0) is 13.3 Å². The Hall–Kier alpha value is -0.790. The molecule has 66 valence electrons. The topological polar surface area (TPSA) is 26.3 Å². The van der Waals surface area contributed by atoms with Crippen LogP contribution in [0.15, 0.2) is 12.7 Å². The third kappa shape index (κ3) is 27.0. The summed E-state index contributed by atoms with van der Waals surface area (Å²) in [6.07, 6.45) is 3.80. The first kappa shape index (κ1) is 12.8. The van der Waals surface area contributed by atoms with Crippen LogP contribution in [0.1, 0.15) is 33.6 Å². The highest BCUT2D eigenvalue weighted by molar-refractivity contribution is 5.65. The highest BCUT2D eigenvalue weighted by Crippen LogP contribution is 1.86. The van der Waals surface area contributed by atoms with E-state index in [9.17, 15) is 4.79 Å². The second-order valence-electron chi connectivity index (χ2n) is 2.10. The Morgan fingerprint density at radius 3 is 2.36 bits per heavy atom. The first-order valence-electron chi connectivity index (χ1n) is 3.89. The van der Waals surface area contributed by atoms with Crippen LogP contribution < -0.4 is 0 Å². The Morgan fingerprint density at radius 1 is 1.64 bits per heavy atom. The fraction of sp³-hybridized carbons (Fsp3) is 0.667. The van der Waals surface area contributed by atoms with Crippen molar-refractivity contribution in [2.45, 2.75) is 33.6 Å². The van der Waals surface area contributed by atoms with Crippen molar-refractivity contribution in [3.05, 3.63) is 12.7 Å². The molecule has 2 heteroatoms. The standard InChI is InChI=1S/C6H12O2.C3H6/c1-3-4-5-8-6(2)7;1-3-2/h3-5H2,1-2H3;3H,1H2,2H3. The molecule has 0 unspecified atom stereocenters. The molecule has 0 N–H and O–H groups in total. The van der Waals surface area contributed by atoms with E-state index in [1.807, 2.05) is 6.92 Å². The van der Waals surface area contributed by atoms with Gasteiger partial charge in [0.05, 0.1) is 6.61 Å². The van der Waals surface area contributed by atoms with Gasteiger partial charge in [-0.1, -0.05) is 19.4 Å². The molecule has 0 atom stereocenters. The maximum absolute atomic E-state index is 10.1. The van der Waals surface area contributed by atoms with Crippen molar-refractivity contribution < 1.29 is 9.53 Å². The van der Waals surface area contributed by atoms with Crippen LogP contribution in [0.5, 0.6) is 0 Å². The monoisotopic (exact) mass is 158 g/mol. The van der Waals surface area contributed by atoms with Crippen LogP contribution >= 0.6 is 0 Å². The zero-order chi connectivity index (χ0) is 9.11. The lowest BCUT2D eigenvalue weighted by Gasteiger charge is -1.96. The maximum atomic E-state index is 10.1. The van der Waals surface area contributed by atoms with Gasteiger partial charge >= 0.3 is 5.97 Å². The predicted octanol–water partition coefficient (Wildman–Crippen LogP) is 2.54. The number of rotatable bonds is 3. The molecule has 0 fully saturated rings.